The van der Waals surface area contributed by atoms with Gasteiger partial charge in [0.2, 0.25) is 11.8 Å². The fraction of sp³-hybridized carbons (Fsp3) is 0.261. The molecule has 2 aromatic carbocycles. The van der Waals surface area contributed by atoms with Crippen LogP contribution >= 0.6 is 0 Å². The number of carbonyl (C=O) groups excluding carboxylic acids is 3. The summed E-state index contributed by atoms with van der Waals surface area (Å²) < 4.78 is 1.53. The molecular formula is C23H23N5O4. The summed E-state index contributed by atoms with van der Waals surface area (Å²) in [6.45, 7) is 3.78. The molecule has 1 aliphatic heterocycles. The van der Waals surface area contributed by atoms with Crippen LogP contribution in [0.25, 0.3) is 10.9 Å². The molecule has 32 heavy (non-hydrogen) atoms. The van der Waals surface area contributed by atoms with Gasteiger partial charge in [0.05, 0.1) is 28.5 Å². The van der Waals surface area contributed by atoms with E-state index in [1.165, 1.54) is 10.9 Å². The van der Waals surface area contributed by atoms with Gasteiger partial charge in [0.15, 0.2) is 0 Å². The number of anilines is 2. The Kier molecular flexibility index (Phi) is 5.72. The SMILES string of the molecule is CC(C)n1cnc2ccc(NC(=O)CC[C@@H]3NC(=O)c4ccccc4NC3=O)cc2c1=O. The van der Waals surface area contributed by atoms with Crippen LogP contribution in [-0.4, -0.2) is 33.3 Å². The Balaban J connectivity index is 1.43. The third-order valence-corrected chi connectivity index (χ3v) is 5.33. The van der Waals surface area contributed by atoms with E-state index in [1.807, 2.05) is 13.8 Å². The molecule has 0 radical (unpaired) electrons. The number of carbonyl (C=O) groups is 3. The number of nitrogens with one attached hydrogen (secondary N) is 3. The molecule has 2 heterocycles. The summed E-state index contributed by atoms with van der Waals surface area (Å²) in [5.41, 5.74) is 1.65. The second-order valence-electron chi connectivity index (χ2n) is 7.93. The van der Waals surface area contributed by atoms with Crippen molar-refractivity contribution in [2.24, 2.45) is 0 Å². The van der Waals surface area contributed by atoms with Crippen molar-refractivity contribution in [2.45, 2.75) is 38.8 Å². The standard InChI is InChI=1S/C23H23N5O4/c1-13(2)28-12-24-17-8-7-14(11-16(17)23(28)32)25-20(29)10-9-19-22(31)26-18-6-4-3-5-15(18)21(30)27-19/h3-8,11-13,19H,9-10H2,1-2H3,(H,25,29)(H,26,31)(H,27,30)/t19-/m0/s1. The van der Waals surface area contributed by atoms with Crippen LogP contribution in [0.3, 0.4) is 0 Å². The zero-order valence-corrected chi connectivity index (χ0v) is 17.7. The highest BCUT2D eigenvalue weighted by molar-refractivity contribution is 6.10. The summed E-state index contributed by atoms with van der Waals surface area (Å²) in [6, 6.07) is 10.8. The van der Waals surface area contributed by atoms with E-state index in [4.69, 9.17) is 0 Å². The summed E-state index contributed by atoms with van der Waals surface area (Å²) in [7, 11) is 0. The van der Waals surface area contributed by atoms with Crippen molar-refractivity contribution >= 4 is 40.0 Å². The van der Waals surface area contributed by atoms with Crippen LogP contribution in [0.4, 0.5) is 11.4 Å². The lowest BCUT2D eigenvalue weighted by Crippen LogP contribution is -2.41. The molecule has 0 aliphatic carbocycles. The van der Waals surface area contributed by atoms with Crippen LogP contribution in [0.15, 0.2) is 53.6 Å². The molecule has 1 aromatic heterocycles. The molecule has 3 amide bonds. The normalized spacial score (nSPS) is 15.7. The van der Waals surface area contributed by atoms with Crippen LogP contribution in [0, 0.1) is 0 Å². The van der Waals surface area contributed by atoms with Gasteiger partial charge in [0.1, 0.15) is 6.04 Å². The Morgan fingerprint density at radius 1 is 1.16 bits per heavy atom. The topological polar surface area (TPSA) is 122 Å². The zero-order chi connectivity index (χ0) is 22.8. The van der Waals surface area contributed by atoms with E-state index in [0.29, 0.717) is 27.8 Å². The first-order valence-electron chi connectivity index (χ1n) is 10.3. The lowest BCUT2D eigenvalue weighted by molar-refractivity contribution is -0.118. The van der Waals surface area contributed by atoms with E-state index in [2.05, 4.69) is 20.9 Å². The summed E-state index contributed by atoms with van der Waals surface area (Å²) in [4.78, 5) is 54.3. The first-order chi connectivity index (χ1) is 15.3. The molecular weight excluding hydrogens is 410 g/mol. The monoisotopic (exact) mass is 433 g/mol. The first-order valence-corrected chi connectivity index (χ1v) is 10.3. The van der Waals surface area contributed by atoms with Gasteiger partial charge in [-0.05, 0) is 50.6 Å². The molecule has 1 atom stereocenters. The van der Waals surface area contributed by atoms with Gasteiger partial charge in [0, 0.05) is 18.2 Å². The van der Waals surface area contributed by atoms with Gasteiger partial charge in [-0.1, -0.05) is 12.1 Å². The largest absolute Gasteiger partial charge is 0.340 e. The highest BCUT2D eigenvalue weighted by Gasteiger charge is 2.27. The van der Waals surface area contributed by atoms with E-state index in [9.17, 15) is 19.2 Å². The molecule has 3 N–H and O–H groups in total. The predicted molar refractivity (Wildman–Crippen MR) is 121 cm³/mol. The Hall–Kier alpha value is -4.01. The number of hydrogen-bond donors (Lipinski definition) is 3. The highest BCUT2D eigenvalue weighted by Crippen LogP contribution is 2.20. The maximum Gasteiger partial charge on any atom is 0.261 e. The highest BCUT2D eigenvalue weighted by atomic mass is 16.2. The molecule has 4 rings (SSSR count). The third kappa shape index (κ3) is 4.22. The van der Waals surface area contributed by atoms with Crippen molar-refractivity contribution in [1.29, 1.82) is 0 Å². The molecule has 0 fully saturated rings. The van der Waals surface area contributed by atoms with Gasteiger partial charge >= 0.3 is 0 Å². The van der Waals surface area contributed by atoms with Crippen molar-refractivity contribution in [3.63, 3.8) is 0 Å². The molecule has 9 nitrogen and oxygen atoms in total. The van der Waals surface area contributed by atoms with Crippen LogP contribution in [0.2, 0.25) is 0 Å². The number of rotatable bonds is 5. The molecule has 0 saturated carbocycles. The Bertz CT molecular complexity index is 1280. The van der Waals surface area contributed by atoms with E-state index in [-0.39, 0.29) is 42.2 Å². The van der Waals surface area contributed by atoms with Crippen molar-refractivity contribution in [1.82, 2.24) is 14.9 Å². The molecule has 3 aromatic rings. The quantitative estimate of drug-likeness (QED) is 0.571. The third-order valence-electron chi connectivity index (χ3n) is 5.33. The number of fused-ring (bicyclic) bond motifs is 2. The van der Waals surface area contributed by atoms with Gasteiger partial charge in [0.25, 0.3) is 11.5 Å². The molecule has 9 heteroatoms. The lowest BCUT2D eigenvalue weighted by Gasteiger charge is -2.14. The summed E-state index contributed by atoms with van der Waals surface area (Å²) in [5, 5.41) is 8.55. The van der Waals surface area contributed by atoms with E-state index in [1.54, 1.807) is 42.5 Å². The fourth-order valence-electron chi connectivity index (χ4n) is 3.60. The minimum Gasteiger partial charge on any atom is -0.340 e. The Morgan fingerprint density at radius 2 is 1.94 bits per heavy atom. The van der Waals surface area contributed by atoms with Gasteiger partial charge in [-0.3, -0.25) is 23.7 Å². The number of para-hydroxylation sites is 1. The Morgan fingerprint density at radius 3 is 2.72 bits per heavy atom. The number of amides is 3. The second-order valence-corrected chi connectivity index (χ2v) is 7.93. The molecule has 164 valence electrons. The molecule has 0 spiro atoms. The predicted octanol–water partition coefficient (Wildman–Crippen LogP) is 2.45. The maximum atomic E-state index is 12.7. The zero-order valence-electron chi connectivity index (χ0n) is 17.7. The fourth-order valence-corrected chi connectivity index (χ4v) is 3.60. The van der Waals surface area contributed by atoms with Crippen molar-refractivity contribution < 1.29 is 14.4 Å². The van der Waals surface area contributed by atoms with Crippen molar-refractivity contribution in [2.75, 3.05) is 10.6 Å². The Labute approximate surface area is 183 Å². The smallest absolute Gasteiger partial charge is 0.261 e. The van der Waals surface area contributed by atoms with Crippen LogP contribution in [0.1, 0.15) is 43.1 Å². The second kappa shape index (κ2) is 8.62. The summed E-state index contributed by atoms with van der Waals surface area (Å²) in [5.74, 6) is -1.07. The van der Waals surface area contributed by atoms with Crippen LogP contribution < -0.4 is 21.5 Å². The average Bonchev–Trinajstić information content (AvgIpc) is 2.88. The summed E-state index contributed by atoms with van der Waals surface area (Å²) >= 11 is 0. The minimum atomic E-state index is -0.834. The number of nitrogens with zero attached hydrogens (tertiary/aromatic N) is 2. The number of benzene rings is 2. The van der Waals surface area contributed by atoms with E-state index < -0.39 is 6.04 Å². The lowest BCUT2D eigenvalue weighted by atomic mass is 10.1. The first kappa shape index (κ1) is 21.2. The maximum absolute atomic E-state index is 12.7. The van der Waals surface area contributed by atoms with Gasteiger partial charge in [-0.2, -0.15) is 0 Å². The van der Waals surface area contributed by atoms with E-state index >= 15 is 0 Å². The van der Waals surface area contributed by atoms with Gasteiger partial charge in [-0.15, -0.1) is 0 Å². The average molecular weight is 433 g/mol. The van der Waals surface area contributed by atoms with Crippen molar-refractivity contribution in [3.8, 4) is 0 Å². The minimum absolute atomic E-state index is 0.00994. The van der Waals surface area contributed by atoms with Crippen molar-refractivity contribution in [3.05, 3.63) is 64.7 Å². The number of aromatic nitrogens is 2. The molecule has 1 aliphatic rings. The van der Waals surface area contributed by atoms with Gasteiger partial charge < -0.3 is 16.0 Å². The van der Waals surface area contributed by atoms with Crippen LogP contribution in [-0.2, 0) is 9.59 Å². The summed E-state index contributed by atoms with van der Waals surface area (Å²) in [6.07, 6.45) is 1.65. The molecule has 0 saturated heterocycles. The molecule has 0 unspecified atom stereocenters. The molecule has 0 bridgehead atoms. The van der Waals surface area contributed by atoms with E-state index in [0.717, 1.165) is 0 Å². The van der Waals surface area contributed by atoms with Crippen LogP contribution in [0.5, 0.6) is 0 Å². The van der Waals surface area contributed by atoms with Gasteiger partial charge in [-0.25, -0.2) is 4.98 Å². The number of hydrogen-bond acceptors (Lipinski definition) is 5.